The molecule has 0 saturated heterocycles. The quantitative estimate of drug-likeness (QED) is 0.516. The molecule has 0 aromatic carbocycles. The molecule has 0 heterocycles. The Hall–Kier alpha value is -0.150. The minimum absolute atomic E-state index is 0.343. The summed E-state index contributed by atoms with van der Waals surface area (Å²) in [6, 6.07) is -0.343. The molecule has 44 valence electrons. The maximum Gasteiger partial charge on any atom is 0.105 e. The zero-order valence-corrected chi connectivity index (χ0v) is 4.23. The molecule has 2 nitrogen and oxygen atoms in total. The van der Waals surface area contributed by atoms with Crippen LogP contribution >= 0.6 is 0 Å². The van der Waals surface area contributed by atoms with Crippen molar-refractivity contribution in [1.29, 1.82) is 0 Å². The topological polar surface area (TPSA) is 52.0 Å². The number of nitrogens with two attached hydrogens (primary N) is 2. The smallest absolute Gasteiger partial charge is 0.105 e. The second-order valence-electron chi connectivity index (χ2n) is 1.49. The van der Waals surface area contributed by atoms with Crippen LogP contribution in [0.25, 0.3) is 0 Å². The first-order chi connectivity index (χ1) is 3.31. The molecular weight excluding hydrogens is 95.1 g/mol. The van der Waals surface area contributed by atoms with Gasteiger partial charge in [0.25, 0.3) is 0 Å². The molecule has 0 saturated carbocycles. The van der Waals surface area contributed by atoms with Gasteiger partial charge in [-0.1, -0.05) is 0 Å². The summed E-state index contributed by atoms with van der Waals surface area (Å²) in [4.78, 5) is 0. The summed E-state index contributed by atoms with van der Waals surface area (Å²) in [5.41, 5.74) is 10.2. The third-order valence-electron chi connectivity index (χ3n) is 0.736. The van der Waals surface area contributed by atoms with E-state index in [0.29, 0.717) is 13.0 Å². The van der Waals surface area contributed by atoms with Gasteiger partial charge in [-0.05, 0) is 13.0 Å². The highest BCUT2D eigenvalue weighted by Crippen LogP contribution is 1.83. The van der Waals surface area contributed by atoms with E-state index in [1.54, 1.807) is 0 Å². The van der Waals surface area contributed by atoms with Crippen molar-refractivity contribution in [3.05, 3.63) is 0 Å². The van der Waals surface area contributed by atoms with Crippen molar-refractivity contribution < 1.29 is 4.39 Å². The molecule has 0 aliphatic carbocycles. The molecule has 0 rings (SSSR count). The molecule has 0 radical (unpaired) electrons. The Labute approximate surface area is 42.7 Å². The maximum atomic E-state index is 11.4. The SMILES string of the molecule is NCCC(N)CF. The van der Waals surface area contributed by atoms with Gasteiger partial charge in [-0.15, -0.1) is 0 Å². The molecular formula is C4H11FN2. The summed E-state index contributed by atoms with van der Waals surface area (Å²) < 4.78 is 11.4. The highest BCUT2D eigenvalue weighted by Gasteiger charge is 1.95. The average Bonchev–Trinajstić information content (AvgIpc) is 1.68. The van der Waals surface area contributed by atoms with Crippen LogP contribution in [-0.4, -0.2) is 19.3 Å². The summed E-state index contributed by atoms with van der Waals surface area (Å²) in [5.74, 6) is 0. The van der Waals surface area contributed by atoms with Crippen molar-refractivity contribution in [2.24, 2.45) is 11.5 Å². The minimum atomic E-state index is -0.461. The Bertz CT molecular complexity index is 40.7. The van der Waals surface area contributed by atoms with E-state index in [1.165, 1.54) is 0 Å². The molecule has 1 unspecified atom stereocenters. The van der Waals surface area contributed by atoms with Crippen LogP contribution in [-0.2, 0) is 0 Å². The molecule has 0 aromatic rings. The molecule has 0 aromatic heterocycles. The Morgan fingerprint density at radius 3 is 2.29 bits per heavy atom. The van der Waals surface area contributed by atoms with E-state index < -0.39 is 6.67 Å². The Balaban J connectivity index is 2.83. The fourth-order valence-corrected chi connectivity index (χ4v) is 0.291. The monoisotopic (exact) mass is 106 g/mol. The third kappa shape index (κ3) is 3.69. The summed E-state index contributed by atoms with van der Waals surface area (Å²) in [5, 5.41) is 0. The highest BCUT2D eigenvalue weighted by molar-refractivity contribution is 4.57. The first-order valence-electron chi connectivity index (χ1n) is 2.33. The van der Waals surface area contributed by atoms with Crippen LogP contribution in [0.5, 0.6) is 0 Å². The summed E-state index contributed by atoms with van der Waals surface area (Å²) in [6.45, 7) is 0.0162. The van der Waals surface area contributed by atoms with Crippen molar-refractivity contribution >= 4 is 0 Å². The van der Waals surface area contributed by atoms with E-state index in [-0.39, 0.29) is 6.04 Å². The van der Waals surface area contributed by atoms with Crippen molar-refractivity contribution in [3.8, 4) is 0 Å². The Morgan fingerprint density at radius 2 is 2.14 bits per heavy atom. The van der Waals surface area contributed by atoms with Gasteiger partial charge in [-0.2, -0.15) is 0 Å². The second kappa shape index (κ2) is 4.02. The zero-order chi connectivity index (χ0) is 5.70. The largest absolute Gasteiger partial charge is 0.330 e. The fraction of sp³-hybridized carbons (Fsp3) is 1.00. The first-order valence-corrected chi connectivity index (χ1v) is 2.33. The zero-order valence-electron chi connectivity index (χ0n) is 4.23. The highest BCUT2D eigenvalue weighted by atomic mass is 19.1. The lowest BCUT2D eigenvalue weighted by Crippen LogP contribution is -2.25. The number of rotatable bonds is 3. The van der Waals surface area contributed by atoms with Gasteiger partial charge in [0, 0.05) is 6.04 Å². The second-order valence-corrected chi connectivity index (χ2v) is 1.49. The van der Waals surface area contributed by atoms with E-state index in [2.05, 4.69) is 0 Å². The van der Waals surface area contributed by atoms with Gasteiger partial charge in [-0.25, -0.2) is 4.39 Å². The van der Waals surface area contributed by atoms with E-state index in [0.717, 1.165) is 0 Å². The van der Waals surface area contributed by atoms with E-state index in [9.17, 15) is 4.39 Å². The van der Waals surface area contributed by atoms with Crippen LogP contribution in [0.2, 0.25) is 0 Å². The van der Waals surface area contributed by atoms with E-state index >= 15 is 0 Å². The van der Waals surface area contributed by atoms with Gasteiger partial charge in [0.1, 0.15) is 6.67 Å². The molecule has 1 atom stereocenters. The van der Waals surface area contributed by atoms with Crippen LogP contribution in [0.15, 0.2) is 0 Å². The van der Waals surface area contributed by atoms with Gasteiger partial charge in [0.05, 0.1) is 0 Å². The lowest BCUT2D eigenvalue weighted by molar-refractivity contribution is 0.416. The molecule has 0 aliphatic rings. The van der Waals surface area contributed by atoms with Crippen LogP contribution in [0.3, 0.4) is 0 Å². The number of alkyl halides is 1. The molecule has 4 N–H and O–H groups in total. The van der Waals surface area contributed by atoms with Crippen molar-refractivity contribution in [3.63, 3.8) is 0 Å². The van der Waals surface area contributed by atoms with Gasteiger partial charge < -0.3 is 11.5 Å². The number of hydrogen-bond donors (Lipinski definition) is 2. The van der Waals surface area contributed by atoms with Crippen LogP contribution in [0, 0.1) is 0 Å². The van der Waals surface area contributed by atoms with E-state index in [1.807, 2.05) is 0 Å². The molecule has 0 bridgehead atoms. The van der Waals surface area contributed by atoms with Crippen molar-refractivity contribution in [2.75, 3.05) is 13.2 Å². The summed E-state index contributed by atoms with van der Waals surface area (Å²) in [6.07, 6.45) is 0.580. The van der Waals surface area contributed by atoms with Gasteiger partial charge in [0.15, 0.2) is 0 Å². The summed E-state index contributed by atoms with van der Waals surface area (Å²) >= 11 is 0. The lowest BCUT2D eigenvalue weighted by atomic mass is 10.2. The maximum absolute atomic E-state index is 11.4. The van der Waals surface area contributed by atoms with Gasteiger partial charge >= 0.3 is 0 Å². The van der Waals surface area contributed by atoms with Crippen LogP contribution in [0.1, 0.15) is 6.42 Å². The van der Waals surface area contributed by atoms with E-state index in [4.69, 9.17) is 11.5 Å². The Kier molecular flexibility index (Phi) is 3.93. The lowest BCUT2D eigenvalue weighted by Gasteiger charge is -2.00. The predicted molar refractivity (Wildman–Crippen MR) is 27.6 cm³/mol. The average molecular weight is 106 g/mol. The fourth-order valence-electron chi connectivity index (χ4n) is 0.291. The number of hydrogen-bond acceptors (Lipinski definition) is 2. The van der Waals surface area contributed by atoms with Crippen LogP contribution in [0.4, 0.5) is 4.39 Å². The van der Waals surface area contributed by atoms with Crippen molar-refractivity contribution in [1.82, 2.24) is 0 Å². The van der Waals surface area contributed by atoms with Crippen LogP contribution < -0.4 is 11.5 Å². The molecule has 0 aliphatic heterocycles. The molecule has 7 heavy (non-hydrogen) atoms. The summed E-state index contributed by atoms with van der Waals surface area (Å²) in [7, 11) is 0. The number of halogens is 1. The van der Waals surface area contributed by atoms with Gasteiger partial charge in [0.2, 0.25) is 0 Å². The predicted octanol–water partition coefficient (Wildman–Crippen LogP) is -0.368. The molecule has 0 amide bonds. The molecule has 3 heteroatoms. The molecule has 0 fully saturated rings. The normalized spacial score (nSPS) is 14.1. The Morgan fingerprint density at radius 1 is 1.57 bits per heavy atom. The first kappa shape index (κ1) is 6.85. The third-order valence-corrected chi connectivity index (χ3v) is 0.736. The van der Waals surface area contributed by atoms with Gasteiger partial charge in [-0.3, -0.25) is 0 Å². The molecule has 0 spiro atoms. The minimum Gasteiger partial charge on any atom is -0.330 e. The van der Waals surface area contributed by atoms with Crippen molar-refractivity contribution in [2.45, 2.75) is 12.5 Å². The standard InChI is InChI=1S/C4H11FN2/c5-3-4(7)1-2-6/h4H,1-3,6-7H2.